The number of piperazine rings is 1. The second kappa shape index (κ2) is 6.83. The number of rotatable bonds is 2. The summed E-state index contributed by atoms with van der Waals surface area (Å²) in [5, 5.41) is 10.9. The molecule has 0 aliphatic carbocycles. The zero-order chi connectivity index (χ0) is 19.0. The first-order valence-corrected chi connectivity index (χ1v) is 8.87. The molecular formula is C20H20FN5O. The van der Waals surface area contributed by atoms with Gasteiger partial charge < -0.3 is 15.5 Å². The number of benzene rings is 2. The Morgan fingerprint density at radius 3 is 2.44 bits per heavy atom. The minimum absolute atomic E-state index is 0.0700. The van der Waals surface area contributed by atoms with Gasteiger partial charge in [-0.1, -0.05) is 24.3 Å². The van der Waals surface area contributed by atoms with Gasteiger partial charge in [-0.15, -0.1) is 10.2 Å². The highest BCUT2D eigenvalue weighted by atomic mass is 19.1. The first-order valence-electron chi connectivity index (χ1n) is 8.87. The Balaban J connectivity index is 1.77. The molecule has 2 heterocycles. The lowest BCUT2D eigenvalue weighted by Crippen LogP contribution is -2.55. The van der Waals surface area contributed by atoms with Gasteiger partial charge in [0, 0.05) is 42.0 Å². The van der Waals surface area contributed by atoms with Crippen molar-refractivity contribution < 1.29 is 9.18 Å². The van der Waals surface area contributed by atoms with Gasteiger partial charge in [0.2, 0.25) is 0 Å². The van der Waals surface area contributed by atoms with Crippen LogP contribution >= 0.6 is 0 Å². The van der Waals surface area contributed by atoms with Crippen LogP contribution in [0.15, 0.2) is 48.5 Å². The van der Waals surface area contributed by atoms with E-state index >= 15 is 0 Å². The topological polar surface area (TPSA) is 75.3 Å². The molecule has 138 valence electrons. The van der Waals surface area contributed by atoms with Crippen molar-refractivity contribution in [3.8, 4) is 11.3 Å². The summed E-state index contributed by atoms with van der Waals surface area (Å²) in [6.07, 6.45) is 0. The third kappa shape index (κ3) is 3.16. The van der Waals surface area contributed by atoms with Crippen molar-refractivity contribution >= 4 is 22.6 Å². The number of primary amides is 1. The number of hydrogen-bond donors (Lipinski definition) is 1. The van der Waals surface area contributed by atoms with Crippen LogP contribution < -0.4 is 10.6 Å². The van der Waals surface area contributed by atoms with Gasteiger partial charge in [0.1, 0.15) is 11.5 Å². The van der Waals surface area contributed by atoms with Gasteiger partial charge in [-0.2, -0.15) is 0 Å². The molecule has 0 saturated carbocycles. The summed E-state index contributed by atoms with van der Waals surface area (Å²) in [5.41, 5.74) is 6.95. The molecule has 27 heavy (non-hydrogen) atoms. The lowest BCUT2D eigenvalue weighted by atomic mass is 10.0. The van der Waals surface area contributed by atoms with Gasteiger partial charge in [-0.25, -0.2) is 9.18 Å². The highest BCUT2D eigenvalue weighted by Crippen LogP contribution is 2.32. The first-order chi connectivity index (χ1) is 13.0. The number of urea groups is 1. The lowest BCUT2D eigenvalue weighted by molar-refractivity contribution is 0.196. The third-order valence-corrected chi connectivity index (χ3v) is 5.00. The average molecular weight is 365 g/mol. The summed E-state index contributed by atoms with van der Waals surface area (Å²) in [5.74, 6) is 0.502. The Labute approximate surface area is 156 Å². The van der Waals surface area contributed by atoms with Gasteiger partial charge in [0.15, 0.2) is 5.82 Å². The van der Waals surface area contributed by atoms with E-state index in [1.807, 2.05) is 31.2 Å². The minimum Gasteiger partial charge on any atom is -0.351 e. The van der Waals surface area contributed by atoms with E-state index in [0.717, 1.165) is 27.8 Å². The highest BCUT2D eigenvalue weighted by Gasteiger charge is 2.28. The van der Waals surface area contributed by atoms with Gasteiger partial charge in [-0.05, 0) is 31.2 Å². The molecule has 2 aromatic carbocycles. The van der Waals surface area contributed by atoms with Crippen LogP contribution in [0.4, 0.5) is 15.0 Å². The fourth-order valence-electron chi connectivity index (χ4n) is 3.60. The summed E-state index contributed by atoms with van der Waals surface area (Å²) in [6.45, 7) is 3.78. The largest absolute Gasteiger partial charge is 0.351 e. The van der Waals surface area contributed by atoms with Crippen LogP contribution in [0.25, 0.3) is 22.0 Å². The van der Waals surface area contributed by atoms with E-state index in [9.17, 15) is 9.18 Å². The van der Waals surface area contributed by atoms with Crippen LogP contribution in [-0.4, -0.2) is 46.8 Å². The van der Waals surface area contributed by atoms with E-state index in [1.54, 1.807) is 17.0 Å². The molecule has 1 unspecified atom stereocenters. The molecule has 1 saturated heterocycles. The number of anilines is 1. The molecule has 0 bridgehead atoms. The molecule has 2 N–H and O–H groups in total. The molecule has 1 fully saturated rings. The molecule has 0 radical (unpaired) electrons. The summed E-state index contributed by atoms with van der Waals surface area (Å²) >= 11 is 0. The molecule has 6 nitrogen and oxygen atoms in total. The van der Waals surface area contributed by atoms with Crippen LogP contribution in [0.5, 0.6) is 0 Å². The molecule has 1 atom stereocenters. The van der Waals surface area contributed by atoms with Crippen molar-refractivity contribution in [2.75, 3.05) is 24.5 Å². The molecule has 1 aliphatic heterocycles. The van der Waals surface area contributed by atoms with E-state index in [4.69, 9.17) is 5.73 Å². The number of halogens is 1. The molecule has 3 aromatic rings. The Morgan fingerprint density at radius 1 is 1.07 bits per heavy atom. The quantitative estimate of drug-likeness (QED) is 0.757. The van der Waals surface area contributed by atoms with E-state index < -0.39 is 6.03 Å². The van der Waals surface area contributed by atoms with Crippen molar-refractivity contribution in [1.82, 2.24) is 15.1 Å². The van der Waals surface area contributed by atoms with Crippen molar-refractivity contribution in [1.29, 1.82) is 0 Å². The Morgan fingerprint density at radius 2 is 1.78 bits per heavy atom. The molecule has 0 spiro atoms. The van der Waals surface area contributed by atoms with E-state index in [0.29, 0.717) is 19.6 Å². The number of nitrogens with two attached hydrogens (primary N) is 1. The van der Waals surface area contributed by atoms with Crippen molar-refractivity contribution in [2.45, 2.75) is 13.0 Å². The molecule has 1 aliphatic rings. The maximum atomic E-state index is 13.3. The summed E-state index contributed by atoms with van der Waals surface area (Å²) in [4.78, 5) is 15.3. The predicted octanol–water partition coefficient (Wildman–Crippen LogP) is 3.03. The SMILES string of the molecule is CC1CN(C(N)=O)CCN1c1nnc(-c2ccc(F)cc2)c2ccccc12. The number of fused-ring (bicyclic) bond motifs is 1. The second-order valence-corrected chi connectivity index (χ2v) is 6.75. The standard InChI is InChI=1S/C20H20FN5O/c1-13-12-25(20(22)27)10-11-26(13)19-17-5-3-2-4-16(17)18(23-24-19)14-6-8-15(21)9-7-14/h2-9,13H,10-12H2,1H3,(H2,22,27). The van der Waals surface area contributed by atoms with Crippen molar-refractivity contribution in [2.24, 2.45) is 5.73 Å². The van der Waals surface area contributed by atoms with Crippen LogP contribution in [0.1, 0.15) is 6.92 Å². The fraction of sp³-hybridized carbons (Fsp3) is 0.250. The molecule has 2 amide bonds. The zero-order valence-corrected chi connectivity index (χ0v) is 15.0. The Bertz CT molecular complexity index is 991. The number of nitrogens with zero attached hydrogens (tertiary/aromatic N) is 4. The van der Waals surface area contributed by atoms with E-state index in [2.05, 4.69) is 15.1 Å². The zero-order valence-electron chi connectivity index (χ0n) is 15.0. The minimum atomic E-state index is -0.399. The van der Waals surface area contributed by atoms with E-state index in [-0.39, 0.29) is 11.9 Å². The highest BCUT2D eigenvalue weighted by molar-refractivity contribution is 6.00. The smallest absolute Gasteiger partial charge is 0.314 e. The first kappa shape index (κ1) is 17.2. The Kier molecular flexibility index (Phi) is 4.35. The summed E-state index contributed by atoms with van der Waals surface area (Å²) < 4.78 is 13.3. The number of amides is 2. The number of carbonyl (C=O) groups is 1. The molecular weight excluding hydrogens is 345 g/mol. The van der Waals surface area contributed by atoms with Gasteiger partial charge in [0.25, 0.3) is 0 Å². The number of carbonyl (C=O) groups excluding carboxylic acids is 1. The van der Waals surface area contributed by atoms with Crippen LogP contribution in [0.2, 0.25) is 0 Å². The normalized spacial score (nSPS) is 17.3. The van der Waals surface area contributed by atoms with Crippen LogP contribution in [-0.2, 0) is 0 Å². The van der Waals surface area contributed by atoms with Crippen molar-refractivity contribution in [3.05, 3.63) is 54.3 Å². The lowest BCUT2D eigenvalue weighted by Gasteiger charge is -2.40. The van der Waals surface area contributed by atoms with Crippen LogP contribution in [0.3, 0.4) is 0 Å². The maximum Gasteiger partial charge on any atom is 0.314 e. The van der Waals surface area contributed by atoms with Crippen molar-refractivity contribution in [3.63, 3.8) is 0 Å². The Hall–Kier alpha value is -3.22. The number of hydrogen-bond acceptors (Lipinski definition) is 4. The average Bonchev–Trinajstić information content (AvgIpc) is 2.68. The fourth-order valence-corrected chi connectivity index (χ4v) is 3.60. The molecule has 4 rings (SSSR count). The summed E-state index contributed by atoms with van der Waals surface area (Å²) in [7, 11) is 0. The van der Waals surface area contributed by atoms with Gasteiger partial charge in [0.05, 0.1) is 0 Å². The predicted molar refractivity (Wildman–Crippen MR) is 103 cm³/mol. The second-order valence-electron chi connectivity index (χ2n) is 6.75. The monoisotopic (exact) mass is 365 g/mol. The van der Waals surface area contributed by atoms with Gasteiger partial charge in [-0.3, -0.25) is 0 Å². The third-order valence-electron chi connectivity index (χ3n) is 5.00. The number of aromatic nitrogens is 2. The summed E-state index contributed by atoms with van der Waals surface area (Å²) in [6, 6.07) is 13.9. The molecule has 7 heteroatoms. The van der Waals surface area contributed by atoms with E-state index in [1.165, 1.54) is 12.1 Å². The van der Waals surface area contributed by atoms with Crippen LogP contribution in [0, 0.1) is 5.82 Å². The molecule has 1 aromatic heterocycles. The van der Waals surface area contributed by atoms with Gasteiger partial charge >= 0.3 is 6.03 Å². The maximum absolute atomic E-state index is 13.3.